The summed E-state index contributed by atoms with van der Waals surface area (Å²) >= 11 is 1.28. The van der Waals surface area contributed by atoms with Gasteiger partial charge in [-0.1, -0.05) is 5.92 Å². The molecule has 1 atom stereocenters. The highest BCUT2D eigenvalue weighted by Crippen LogP contribution is 2.34. The number of H-pyrrole nitrogens is 1. The summed E-state index contributed by atoms with van der Waals surface area (Å²) in [5, 5.41) is 4.59. The van der Waals surface area contributed by atoms with Gasteiger partial charge >= 0.3 is 12.3 Å². The topological polar surface area (TPSA) is 87.3 Å². The zero-order chi connectivity index (χ0) is 22.4. The number of terminal acetylenes is 1. The van der Waals surface area contributed by atoms with Crippen molar-refractivity contribution in [1.29, 1.82) is 0 Å². The fourth-order valence-corrected chi connectivity index (χ4v) is 4.30. The monoisotopic (exact) mass is 454 g/mol. The number of hydrogen-bond donors (Lipinski definition) is 2. The molecular formula is C20H21F3N4O3S. The number of aromatic amines is 1. The van der Waals surface area contributed by atoms with Crippen molar-refractivity contribution < 1.29 is 27.5 Å². The SMILES string of the molecule is C#CCOC(=O)N1CCC(c2nc(C(=O)NCC(c3ccc[nH]3)C(F)(F)F)cs2)CC1. The molecule has 2 amide bonds. The Labute approximate surface area is 181 Å². The molecule has 3 rings (SSSR count). The van der Waals surface area contributed by atoms with Crippen molar-refractivity contribution in [2.24, 2.45) is 0 Å². The van der Waals surface area contributed by atoms with Crippen LogP contribution in [0.3, 0.4) is 0 Å². The Morgan fingerprint density at radius 2 is 2.16 bits per heavy atom. The van der Waals surface area contributed by atoms with Crippen LogP contribution in [-0.4, -0.2) is 59.3 Å². The maximum atomic E-state index is 13.3. The Balaban J connectivity index is 1.54. The van der Waals surface area contributed by atoms with Crippen LogP contribution in [0.25, 0.3) is 0 Å². The first-order valence-electron chi connectivity index (χ1n) is 9.58. The first kappa shape index (κ1) is 22.7. The van der Waals surface area contributed by atoms with E-state index in [-0.39, 0.29) is 23.9 Å². The maximum Gasteiger partial charge on any atom is 0.410 e. The molecule has 1 unspecified atom stereocenters. The van der Waals surface area contributed by atoms with Gasteiger partial charge in [-0.3, -0.25) is 4.79 Å². The number of nitrogens with one attached hydrogen (secondary N) is 2. The van der Waals surface area contributed by atoms with Gasteiger partial charge in [0.15, 0.2) is 6.61 Å². The number of amides is 2. The van der Waals surface area contributed by atoms with Gasteiger partial charge in [0, 0.05) is 42.8 Å². The molecule has 11 heteroatoms. The number of halogens is 3. The van der Waals surface area contributed by atoms with Crippen LogP contribution in [-0.2, 0) is 4.74 Å². The Kier molecular flexibility index (Phi) is 7.22. The molecule has 0 radical (unpaired) electrons. The van der Waals surface area contributed by atoms with Crippen molar-refractivity contribution in [2.45, 2.75) is 30.9 Å². The lowest BCUT2D eigenvalue weighted by Crippen LogP contribution is -2.38. The number of carbonyl (C=O) groups excluding carboxylic acids is 2. The van der Waals surface area contributed by atoms with E-state index in [9.17, 15) is 22.8 Å². The van der Waals surface area contributed by atoms with E-state index in [4.69, 9.17) is 11.2 Å². The summed E-state index contributed by atoms with van der Waals surface area (Å²) in [6.45, 7) is 0.272. The summed E-state index contributed by atoms with van der Waals surface area (Å²) in [7, 11) is 0. The van der Waals surface area contributed by atoms with E-state index in [0.717, 1.165) is 5.01 Å². The summed E-state index contributed by atoms with van der Waals surface area (Å²) in [5.74, 6) is -0.185. The molecule has 2 aromatic rings. The molecule has 1 fully saturated rings. The summed E-state index contributed by atoms with van der Waals surface area (Å²) in [6.07, 6.45) is 2.80. The van der Waals surface area contributed by atoms with E-state index in [0.29, 0.717) is 25.9 Å². The van der Waals surface area contributed by atoms with Gasteiger partial charge < -0.3 is 19.9 Å². The first-order chi connectivity index (χ1) is 14.8. The van der Waals surface area contributed by atoms with Crippen LogP contribution in [0.1, 0.15) is 45.9 Å². The van der Waals surface area contributed by atoms with E-state index in [2.05, 4.69) is 21.2 Å². The second-order valence-electron chi connectivity index (χ2n) is 7.02. The van der Waals surface area contributed by atoms with E-state index in [1.165, 1.54) is 35.0 Å². The number of carbonyl (C=O) groups is 2. The zero-order valence-corrected chi connectivity index (χ0v) is 17.3. The number of alkyl halides is 3. The normalized spacial score (nSPS) is 15.9. The number of nitrogens with zero attached hydrogens (tertiary/aromatic N) is 2. The highest BCUT2D eigenvalue weighted by atomic mass is 32.1. The fourth-order valence-electron chi connectivity index (χ4n) is 3.33. The zero-order valence-electron chi connectivity index (χ0n) is 16.4. The summed E-state index contributed by atoms with van der Waals surface area (Å²) in [5.41, 5.74) is 0.0718. The molecule has 0 aromatic carbocycles. The number of likely N-dealkylation sites (tertiary alicyclic amines) is 1. The molecule has 166 valence electrons. The molecule has 1 aliphatic heterocycles. The number of aromatic nitrogens is 2. The number of ether oxygens (including phenoxy) is 1. The number of thiazole rings is 1. The van der Waals surface area contributed by atoms with E-state index < -0.39 is 30.6 Å². The van der Waals surface area contributed by atoms with Crippen molar-refractivity contribution in [1.82, 2.24) is 20.2 Å². The lowest BCUT2D eigenvalue weighted by molar-refractivity contribution is -0.149. The van der Waals surface area contributed by atoms with Gasteiger partial charge in [0.1, 0.15) is 11.6 Å². The molecule has 2 aromatic heterocycles. The standard InChI is InChI=1S/C20H21F3N4O3S/c1-2-10-30-19(29)27-8-5-13(6-9-27)18-26-16(12-31-18)17(28)25-11-14(20(21,22)23)15-4-3-7-24-15/h1,3-4,7,12-14,24H,5-6,8-11H2,(H,25,28). The number of piperidine rings is 1. The predicted molar refractivity (Wildman–Crippen MR) is 108 cm³/mol. The molecule has 0 bridgehead atoms. The van der Waals surface area contributed by atoms with Gasteiger partial charge in [-0.2, -0.15) is 13.2 Å². The van der Waals surface area contributed by atoms with Crippen molar-refractivity contribution in [3.05, 3.63) is 40.1 Å². The molecule has 2 N–H and O–H groups in total. The Hall–Kier alpha value is -3.00. The van der Waals surface area contributed by atoms with Crippen LogP contribution in [0.15, 0.2) is 23.7 Å². The van der Waals surface area contributed by atoms with Gasteiger partial charge in [0.2, 0.25) is 0 Å². The third-order valence-electron chi connectivity index (χ3n) is 5.00. The van der Waals surface area contributed by atoms with Crippen LogP contribution in [0.2, 0.25) is 0 Å². The molecule has 0 aliphatic carbocycles. The fraction of sp³-hybridized carbons (Fsp3) is 0.450. The largest absolute Gasteiger partial charge is 0.436 e. The third kappa shape index (κ3) is 5.79. The second-order valence-corrected chi connectivity index (χ2v) is 7.91. The molecule has 1 aliphatic rings. The van der Waals surface area contributed by atoms with Crippen LogP contribution in [0.4, 0.5) is 18.0 Å². The number of hydrogen-bond acceptors (Lipinski definition) is 5. The lowest BCUT2D eigenvalue weighted by atomic mass is 9.98. The molecule has 1 saturated heterocycles. The highest BCUT2D eigenvalue weighted by Gasteiger charge is 2.41. The summed E-state index contributed by atoms with van der Waals surface area (Å²) in [6, 6.07) is 2.81. The van der Waals surface area contributed by atoms with Crippen LogP contribution in [0, 0.1) is 12.3 Å². The van der Waals surface area contributed by atoms with Crippen molar-refractivity contribution >= 4 is 23.3 Å². The van der Waals surface area contributed by atoms with Crippen LogP contribution < -0.4 is 5.32 Å². The van der Waals surface area contributed by atoms with Gasteiger partial charge in [-0.15, -0.1) is 17.8 Å². The minimum absolute atomic E-state index is 0.0145. The van der Waals surface area contributed by atoms with Crippen LogP contribution in [0.5, 0.6) is 0 Å². The molecule has 31 heavy (non-hydrogen) atoms. The predicted octanol–water partition coefficient (Wildman–Crippen LogP) is 3.50. The minimum atomic E-state index is -4.50. The molecule has 0 saturated carbocycles. The van der Waals surface area contributed by atoms with Gasteiger partial charge in [-0.25, -0.2) is 9.78 Å². The van der Waals surface area contributed by atoms with Gasteiger partial charge in [-0.05, 0) is 25.0 Å². The van der Waals surface area contributed by atoms with E-state index in [1.54, 1.807) is 4.90 Å². The van der Waals surface area contributed by atoms with Crippen molar-refractivity contribution in [3.8, 4) is 12.3 Å². The molecule has 0 spiro atoms. The van der Waals surface area contributed by atoms with E-state index >= 15 is 0 Å². The van der Waals surface area contributed by atoms with Crippen molar-refractivity contribution in [2.75, 3.05) is 26.2 Å². The third-order valence-corrected chi connectivity index (χ3v) is 6.00. The lowest BCUT2D eigenvalue weighted by Gasteiger charge is -2.30. The highest BCUT2D eigenvalue weighted by molar-refractivity contribution is 7.09. The Morgan fingerprint density at radius 3 is 2.77 bits per heavy atom. The average molecular weight is 454 g/mol. The smallest absolute Gasteiger partial charge is 0.410 e. The second kappa shape index (κ2) is 9.87. The number of rotatable bonds is 6. The Morgan fingerprint density at radius 1 is 1.42 bits per heavy atom. The summed E-state index contributed by atoms with van der Waals surface area (Å²) in [4.78, 5) is 32.6. The maximum absolute atomic E-state index is 13.3. The molecule has 3 heterocycles. The first-order valence-corrected chi connectivity index (χ1v) is 10.5. The molecular weight excluding hydrogens is 433 g/mol. The van der Waals surface area contributed by atoms with Crippen molar-refractivity contribution in [3.63, 3.8) is 0 Å². The Bertz CT molecular complexity index is 928. The molecule has 7 nitrogen and oxygen atoms in total. The average Bonchev–Trinajstić information content (AvgIpc) is 3.43. The van der Waals surface area contributed by atoms with Crippen LogP contribution >= 0.6 is 11.3 Å². The summed E-state index contributed by atoms with van der Waals surface area (Å²) < 4.78 is 44.8. The van der Waals surface area contributed by atoms with Gasteiger partial charge in [0.25, 0.3) is 5.91 Å². The van der Waals surface area contributed by atoms with E-state index in [1.807, 2.05) is 0 Å². The quantitative estimate of drug-likeness (QED) is 0.654. The van der Waals surface area contributed by atoms with Gasteiger partial charge in [0.05, 0.1) is 5.01 Å². The minimum Gasteiger partial charge on any atom is -0.436 e.